The lowest BCUT2D eigenvalue weighted by Crippen LogP contribution is -2.30. The van der Waals surface area contributed by atoms with Crippen molar-refractivity contribution in [3.8, 4) is 0 Å². The molecule has 2 aromatic carbocycles. The summed E-state index contributed by atoms with van der Waals surface area (Å²) in [5.74, 6) is -0.291. The molecule has 1 aromatic heterocycles. The van der Waals surface area contributed by atoms with Crippen molar-refractivity contribution in [2.24, 2.45) is 4.99 Å². The number of esters is 1. The number of methoxy groups -OCH3 is 1. The van der Waals surface area contributed by atoms with Gasteiger partial charge in [0, 0.05) is 17.6 Å². The van der Waals surface area contributed by atoms with E-state index >= 15 is 0 Å². The third kappa shape index (κ3) is 5.85. The van der Waals surface area contributed by atoms with Crippen LogP contribution in [0.3, 0.4) is 0 Å². The predicted octanol–water partition coefficient (Wildman–Crippen LogP) is 5.43. The van der Waals surface area contributed by atoms with Gasteiger partial charge in [-0.25, -0.2) is 18.2 Å². The van der Waals surface area contributed by atoms with E-state index in [4.69, 9.17) is 20.8 Å². The summed E-state index contributed by atoms with van der Waals surface area (Å²) in [5, 5.41) is 11.0. The molecule has 0 saturated carbocycles. The zero-order chi connectivity index (χ0) is 26.7. The standard InChI is InChI=1S/C27H25ClN2O6S/c1-17-4-12-23(13-5-17)37(33,34)30(15-19-6-8-20(28)9-7-19)16-22-11-10-21(36-22)14-24-26(31)25(18(2)29-24)27(32)35-3/h4-14,31H,15-16H2,1-3H3/b24-14+. The van der Waals surface area contributed by atoms with Gasteiger partial charge in [-0.1, -0.05) is 41.4 Å². The van der Waals surface area contributed by atoms with Gasteiger partial charge in [0.2, 0.25) is 10.0 Å². The first-order chi connectivity index (χ1) is 17.6. The molecule has 10 heteroatoms. The van der Waals surface area contributed by atoms with Crippen LogP contribution in [-0.4, -0.2) is 36.6 Å². The van der Waals surface area contributed by atoms with Crippen LogP contribution in [-0.2, 0) is 32.6 Å². The van der Waals surface area contributed by atoms with E-state index in [-0.39, 0.29) is 35.0 Å². The Kier molecular flexibility index (Phi) is 7.68. The number of rotatable bonds is 8. The molecule has 1 N–H and O–H groups in total. The lowest BCUT2D eigenvalue weighted by atomic mass is 10.1. The number of aryl methyl sites for hydroxylation is 1. The molecule has 2 heterocycles. The highest BCUT2D eigenvalue weighted by atomic mass is 35.5. The molecule has 1 aliphatic heterocycles. The van der Waals surface area contributed by atoms with Crippen LogP contribution in [0.4, 0.5) is 0 Å². The number of hydrogen-bond donors (Lipinski definition) is 1. The Morgan fingerprint density at radius 1 is 1.05 bits per heavy atom. The highest BCUT2D eigenvalue weighted by Crippen LogP contribution is 2.28. The Hall–Kier alpha value is -3.66. The van der Waals surface area contributed by atoms with E-state index in [0.717, 1.165) is 11.1 Å². The van der Waals surface area contributed by atoms with E-state index in [1.165, 1.54) is 17.5 Å². The summed E-state index contributed by atoms with van der Waals surface area (Å²) in [6, 6.07) is 16.9. The molecule has 0 saturated heterocycles. The summed E-state index contributed by atoms with van der Waals surface area (Å²) < 4.78 is 39.0. The number of aliphatic imine (C=N–C) groups is 1. The molecule has 0 aliphatic carbocycles. The SMILES string of the molecule is COC(=O)C1=C(O)/C(=C\c2ccc(CN(Cc3ccc(Cl)cc3)S(=O)(=O)c3ccc(C)cc3)o2)N=C1C. The molecule has 0 fully saturated rings. The summed E-state index contributed by atoms with van der Waals surface area (Å²) in [4.78, 5) is 16.3. The summed E-state index contributed by atoms with van der Waals surface area (Å²) in [6.45, 7) is 3.53. The fourth-order valence-electron chi connectivity index (χ4n) is 3.78. The number of benzene rings is 2. The number of sulfonamides is 1. The molecule has 0 bridgehead atoms. The fraction of sp³-hybridized carbons (Fsp3) is 0.185. The van der Waals surface area contributed by atoms with Crippen LogP contribution in [0.1, 0.15) is 29.6 Å². The molecule has 37 heavy (non-hydrogen) atoms. The number of nitrogens with zero attached hydrogens (tertiary/aromatic N) is 2. The topological polar surface area (TPSA) is 109 Å². The summed E-state index contributed by atoms with van der Waals surface area (Å²) in [6.07, 6.45) is 1.47. The zero-order valence-corrected chi connectivity index (χ0v) is 22.0. The lowest BCUT2D eigenvalue weighted by molar-refractivity contribution is -0.135. The van der Waals surface area contributed by atoms with E-state index in [2.05, 4.69) is 4.99 Å². The Morgan fingerprint density at radius 3 is 2.38 bits per heavy atom. The normalized spacial score (nSPS) is 14.9. The third-order valence-electron chi connectivity index (χ3n) is 5.74. The van der Waals surface area contributed by atoms with Crippen molar-refractivity contribution in [1.82, 2.24) is 4.31 Å². The number of ether oxygens (including phenoxy) is 1. The number of aliphatic hydroxyl groups is 1. The van der Waals surface area contributed by atoms with Crippen LogP contribution >= 0.6 is 11.6 Å². The van der Waals surface area contributed by atoms with E-state index in [1.54, 1.807) is 67.6 Å². The monoisotopic (exact) mass is 540 g/mol. The van der Waals surface area contributed by atoms with Crippen LogP contribution < -0.4 is 0 Å². The Labute approximate surface area is 220 Å². The number of halogens is 1. The maximum atomic E-state index is 13.6. The molecule has 1 aliphatic rings. The zero-order valence-electron chi connectivity index (χ0n) is 20.4. The smallest absolute Gasteiger partial charge is 0.343 e. The summed E-state index contributed by atoms with van der Waals surface area (Å²) in [5.41, 5.74) is 2.16. The molecule has 0 atom stereocenters. The molecule has 0 radical (unpaired) electrons. The highest BCUT2D eigenvalue weighted by Gasteiger charge is 2.28. The van der Waals surface area contributed by atoms with Gasteiger partial charge < -0.3 is 14.3 Å². The minimum absolute atomic E-state index is 0.0149. The molecule has 8 nitrogen and oxygen atoms in total. The van der Waals surface area contributed by atoms with E-state index in [0.29, 0.717) is 22.3 Å². The molecular formula is C27H25ClN2O6S. The van der Waals surface area contributed by atoms with E-state index in [1.807, 2.05) is 6.92 Å². The largest absolute Gasteiger partial charge is 0.505 e. The van der Waals surface area contributed by atoms with Crippen molar-refractivity contribution in [2.45, 2.75) is 31.8 Å². The van der Waals surface area contributed by atoms with Gasteiger partial charge in [-0.3, -0.25) is 0 Å². The second-order valence-electron chi connectivity index (χ2n) is 8.46. The Bertz CT molecular complexity index is 1520. The number of carbonyl (C=O) groups is 1. The first-order valence-electron chi connectivity index (χ1n) is 11.3. The minimum atomic E-state index is -3.87. The average molecular weight is 541 g/mol. The van der Waals surface area contributed by atoms with Crippen LogP contribution in [0.15, 0.2) is 92.0 Å². The summed E-state index contributed by atoms with van der Waals surface area (Å²) >= 11 is 6.00. The first-order valence-corrected chi connectivity index (χ1v) is 13.1. The maximum Gasteiger partial charge on any atom is 0.343 e. The second kappa shape index (κ2) is 10.8. The van der Waals surface area contributed by atoms with Crippen molar-refractivity contribution in [3.63, 3.8) is 0 Å². The van der Waals surface area contributed by atoms with Gasteiger partial charge >= 0.3 is 5.97 Å². The van der Waals surface area contributed by atoms with E-state index < -0.39 is 16.0 Å². The lowest BCUT2D eigenvalue weighted by Gasteiger charge is -2.21. The maximum absolute atomic E-state index is 13.6. The Morgan fingerprint density at radius 2 is 1.73 bits per heavy atom. The average Bonchev–Trinajstić information content (AvgIpc) is 3.42. The van der Waals surface area contributed by atoms with Gasteiger partial charge in [-0.05, 0) is 55.8 Å². The second-order valence-corrected chi connectivity index (χ2v) is 10.8. The third-order valence-corrected chi connectivity index (χ3v) is 7.80. The van der Waals surface area contributed by atoms with Crippen molar-refractivity contribution >= 4 is 39.4 Å². The molecule has 192 valence electrons. The first kappa shape index (κ1) is 26.4. The number of furan rings is 1. The van der Waals surface area contributed by atoms with Crippen molar-refractivity contribution in [3.05, 3.63) is 105 Å². The minimum Gasteiger partial charge on any atom is -0.505 e. The van der Waals surface area contributed by atoms with Gasteiger partial charge in [0.1, 0.15) is 22.8 Å². The quantitative estimate of drug-likeness (QED) is 0.381. The van der Waals surface area contributed by atoms with Crippen LogP contribution in [0.25, 0.3) is 6.08 Å². The molecular weight excluding hydrogens is 516 g/mol. The van der Waals surface area contributed by atoms with Gasteiger partial charge in [-0.15, -0.1) is 0 Å². The van der Waals surface area contributed by atoms with Crippen molar-refractivity contribution in [1.29, 1.82) is 0 Å². The van der Waals surface area contributed by atoms with Gasteiger partial charge in [0.15, 0.2) is 5.76 Å². The van der Waals surface area contributed by atoms with Crippen LogP contribution in [0, 0.1) is 6.92 Å². The van der Waals surface area contributed by atoms with Gasteiger partial charge in [0.25, 0.3) is 0 Å². The van der Waals surface area contributed by atoms with Crippen molar-refractivity contribution in [2.75, 3.05) is 7.11 Å². The van der Waals surface area contributed by atoms with Crippen LogP contribution in [0.2, 0.25) is 5.02 Å². The predicted molar refractivity (Wildman–Crippen MR) is 141 cm³/mol. The molecule has 0 unspecified atom stereocenters. The summed E-state index contributed by atoms with van der Waals surface area (Å²) in [7, 11) is -2.65. The van der Waals surface area contributed by atoms with Crippen LogP contribution in [0.5, 0.6) is 0 Å². The number of hydrogen-bond acceptors (Lipinski definition) is 7. The fourth-order valence-corrected chi connectivity index (χ4v) is 5.30. The van der Waals surface area contributed by atoms with Gasteiger partial charge in [-0.2, -0.15) is 4.31 Å². The molecule has 0 spiro atoms. The molecule has 3 aromatic rings. The number of aliphatic hydroxyl groups excluding tert-OH is 1. The Balaban J connectivity index is 1.63. The number of carbonyl (C=O) groups excluding carboxylic acids is 1. The van der Waals surface area contributed by atoms with Crippen molar-refractivity contribution < 1.29 is 27.5 Å². The molecule has 4 rings (SSSR count). The van der Waals surface area contributed by atoms with Gasteiger partial charge in [0.05, 0.1) is 24.3 Å². The highest BCUT2D eigenvalue weighted by molar-refractivity contribution is 7.89. The van der Waals surface area contributed by atoms with E-state index in [9.17, 15) is 18.3 Å². The molecule has 0 amide bonds.